The minimum atomic E-state index is 0. The first-order chi connectivity index (χ1) is 8.36. The summed E-state index contributed by atoms with van der Waals surface area (Å²) >= 11 is 0. The van der Waals surface area contributed by atoms with E-state index in [1.807, 2.05) is 35.2 Å². The third kappa shape index (κ3) is 4.55. The van der Waals surface area contributed by atoms with Crippen molar-refractivity contribution in [3.63, 3.8) is 0 Å². The molecule has 0 saturated carbocycles. The number of benzene rings is 1. The molecule has 1 amide bonds. The first-order valence-electron chi connectivity index (χ1n) is 6.01. The molecule has 18 heavy (non-hydrogen) atoms. The highest BCUT2D eigenvalue weighted by Crippen LogP contribution is 2.05. The van der Waals surface area contributed by atoms with Crippen molar-refractivity contribution in [2.24, 2.45) is 0 Å². The number of carbonyl (C=O) groups excluding carboxylic acids is 1. The van der Waals surface area contributed by atoms with Gasteiger partial charge < -0.3 is 15.0 Å². The van der Waals surface area contributed by atoms with Crippen LogP contribution in [0.25, 0.3) is 0 Å². The van der Waals surface area contributed by atoms with Crippen LogP contribution >= 0.6 is 12.4 Å². The standard InChI is InChI=1S/C13H18N2O2.ClH/c16-13(15-7-4-9-17-10-8-15)11-14-12-5-2-1-3-6-12;/h1-3,5-6,14H,4,7-11H2;1H. The third-order valence-electron chi connectivity index (χ3n) is 2.79. The average Bonchev–Trinajstić information content (AvgIpc) is 2.66. The molecule has 1 aliphatic rings. The number of rotatable bonds is 3. The van der Waals surface area contributed by atoms with Crippen molar-refractivity contribution in [2.75, 3.05) is 38.2 Å². The lowest BCUT2D eigenvalue weighted by molar-refractivity contribution is -0.129. The number of hydrogen-bond donors (Lipinski definition) is 1. The Bertz CT molecular complexity index is 351. The summed E-state index contributed by atoms with van der Waals surface area (Å²) in [5.74, 6) is 0.138. The van der Waals surface area contributed by atoms with E-state index in [0.29, 0.717) is 19.7 Å². The van der Waals surface area contributed by atoms with E-state index in [4.69, 9.17) is 4.74 Å². The molecule has 1 aromatic carbocycles. The Hall–Kier alpha value is -1.26. The highest BCUT2D eigenvalue weighted by atomic mass is 35.5. The second kappa shape index (κ2) is 7.95. The summed E-state index contributed by atoms with van der Waals surface area (Å²) in [4.78, 5) is 13.8. The molecule has 4 nitrogen and oxygen atoms in total. The van der Waals surface area contributed by atoms with Gasteiger partial charge in [-0.05, 0) is 18.6 Å². The molecule has 0 unspecified atom stereocenters. The number of carbonyl (C=O) groups is 1. The topological polar surface area (TPSA) is 41.6 Å². The second-order valence-electron chi connectivity index (χ2n) is 4.07. The van der Waals surface area contributed by atoms with Crippen LogP contribution in [0.3, 0.4) is 0 Å². The van der Waals surface area contributed by atoms with Gasteiger partial charge in [-0.15, -0.1) is 12.4 Å². The van der Waals surface area contributed by atoms with E-state index in [9.17, 15) is 4.79 Å². The van der Waals surface area contributed by atoms with Gasteiger partial charge in [-0.2, -0.15) is 0 Å². The predicted octanol–water partition coefficient (Wildman–Crippen LogP) is 1.77. The van der Waals surface area contributed by atoms with Crippen molar-refractivity contribution in [1.29, 1.82) is 0 Å². The molecule has 0 bridgehead atoms. The molecule has 0 spiro atoms. The molecule has 5 heteroatoms. The van der Waals surface area contributed by atoms with Gasteiger partial charge in [0.1, 0.15) is 0 Å². The van der Waals surface area contributed by atoms with Crippen molar-refractivity contribution in [3.05, 3.63) is 30.3 Å². The van der Waals surface area contributed by atoms with E-state index < -0.39 is 0 Å². The lowest BCUT2D eigenvalue weighted by atomic mass is 10.3. The molecule has 0 radical (unpaired) electrons. The van der Waals surface area contributed by atoms with Crippen LogP contribution in [-0.2, 0) is 9.53 Å². The van der Waals surface area contributed by atoms with E-state index in [-0.39, 0.29) is 18.3 Å². The van der Waals surface area contributed by atoms with Crippen LogP contribution in [0.5, 0.6) is 0 Å². The van der Waals surface area contributed by atoms with Crippen LogP contribution in [0.1, 0.15) is 6.42 Å². The normalized spacial score (nSPS) is 15.4. The first-order valence-corrected chi connectivity index (χ1v) is 6.01. The number of hydrogen-bond acceptors (Lipinski definition) is 3. The van der Waals surface area contributed by atoms with Crippen molar-refractivity contribution in [3.8, 4) is 0 Å². The quantitative estimate of drug-likeness (QED) is 0.910. The van der Waals surface area contributed by atoms with Crippen LogP contribution in [0.4, 0.5) is 5.69 Å². The highest BCUT2D eigenvalue weighted by molar-refractivity contribution is 5.85. The third-order valence-corrected chi connectivity index (χ3v) is 2.79. The van der Waals surface area contributed by atoms with Gasteiger partial charge in [0.2, 0.25) is 5.91 Å². The van der Waals surface area contributed by atoms with Gasteiger partial charge in [0.15, 0.2) is 0 Å². The minimum Gasteiger partial charge on any atom is -0.380 e. The Kier molecular flexibility index (Phi) is 6.54. The maximum Gasteiger partial charge on any atom is 0.241 e. The molecule has 1 N–H and O–H groups in total. The number of ether oxygens (including phenoxy) is 1. The largest absolute Gasteiger partial charge is 0.380 e. The summed E-state index contributed by atoms with van der Waals surface area (Å²) in [6, 6.07) is 9.77. The van der Waals surface area contributed by atoms with Crippen LogP contribution in [0, 0.1) is 0 Å². The minimum absolute atomic E-state index is 0. The highest BCUT2D eigenvalue weighted by Gasteiger charge is 2.14. The van der Waals surface area contributed by atoms with Gasteiger partial charge in [-0.25, -0.2) is 0 Å². The monoisotopic (exact) mass is 270 g/mol. The van der Waals surface area contributed by atoms with Crippen molar-refractivity contribution < 1.29 is 9.53 Å². The maximum absolute atomic E-state index is 11.9. The Morgan fingerprint density at radius 2 is 2.00 bits per heavy atom. The summed E-state index contributed by atoms with van der Waals surface area (Å²) in [5, 5.41) is 3.13. The van der Waals surface area contributed by atoms with Crippen LogP contribution in [0.15, 0.2) is 30.3 Å². The lowest BCUT2D eigenvalue weighted by Crippen LogP contribution is -2.37. The molecule has 1 fully saturated rings. The molecule has 100 valence electrons. The van der Waals surface area contributed by atoms with E-state index in [2.05, 4.69) is 5.32 Å². The van der Waals surface area contributed by atoms with Gasteiger partial charge in [0.25, 0.3) is 0 Å². The zero-order valence-electron chi connectivity index (χ0n) is 10.3. The zero-order chi connectivity index (χ0) is 11.9. The summed E-state index contributed by atoms with van der Waals surface area (Å²) in [6.45, 7) is 3.27. The fraction of sp³-hybridized carbons (Fsp3) is 0.462. The SMILES string of the molecule is Cl.O=C(CNc1ccccc1)N1CCCOCC1. The van der Waals surface area contributed by atoms with E-state index in [1.165, 1.54) is 0 Å². The number of halogens is 1. The number of para-hydroxylation sites is 1. The van der Waals surface area contributed by atoms with E-state index >= 15 is 0 Å². The summed E-state index contributed by atoms with van der Waals surface area (Å²) in [5.41, 5.74) is 0.979. The first kappa shape index (κ1) is 14.8. The molecule has 1 heterocycles. The Morgan fingerprint density at radius 1 is 1.22 bits per heavy atom. The van der Waals surface area contributed by atoms with Crippen LogP contribution < -0.4 is 5.32 Å². The molecule has 1 saturated heterocycles. The number of nitrogens with one attached hydrogen (secondary N) is 1. The van der Waals surface area contributed by atoms with Crippen LogP contribution in [0.2, 0.25) is 0 Å². The average molecular weight is 271 g/mol. The number of nitrogens with zero attached hydrogens (tertiary/aromatic N) is 1. The van der Waals surface area contributed by atoms with Gasteiger partial charge >= 0.3 is 0 Å². The Morgan fingerprint density at radius 3 is 2.78 bits per heavy atom. The Labute approximate surface area is 114 Å². The fourth-order valence-corrected chi connectivity index (χ4v) is 1.84. The summed E-state index contributed by atoms with van der Waals surface area (Å²) in [7, 11) is 0. The fourth-order valence-electron chi connectivity index (χ4n) is 1.84. The van der Waals surface area contributed by atoms with Crippen LogP contribution in [-0.4, -0.2) is 43.7 Å². The number of amides is 1. The zero-order valence-corrected chi connectivity index (χ0v) is 11.1. The molecule has 0 aliphatic carbocycles. The van der Waals surface area contributed by atoms with Crippen molar-refractivity contribution in [1.82, 2.24) is 4.90 Å². The van der Waals surface area contributed by atoms with Gasteiger partial charge in [0, 0.05) is 25.4 Å². The smallest absolute Gasteiger partial charge is 0.241 e. The van der Waals surface area contributed by atoms with E-state index in [0.717, 1.165) is 25.3 Å². The van der Waals surface area contributed by atoms with Crippen molar-refractivity contribution >= 4 is 24.0 Å². The maximum atomic E-state index is 11.9. The number of anilines is 1. The molecular weight excluding hydrogens is 252 g/mol. The molecule has 0 aromatic heterocycles. The van der Waals surface area contributed by atoms with Gasteiger partial charge in [-0.1, -0.05) is 18.2 Å². The molecular formula is C13H19ClN2O2. The molecule has 1 aromatic rings. The molecule has 2 rings (SSSR count). The summed E-state index contributed by atoms with van der Waals surface area (Å²) < 4.78 is 5.32. The Balaban J connectivity index is 0.00000162. The van der Waals surface area contributed by atoms with E-state index in [1.54, 1.807) is 0 Å². The second-order valence-corrected chi connectivity index (χ2v) is 4.07. The predicted molar refractivity (Wildman–Crippen MR) is 74.2 cm³/mol. The molecule has 0 atom stereocenters. The van der Waals surface area contributed by atoms with Gasteiger partial charge in [-0.3, -0.25) is 4.79 Å². The van der Waals surface area contributed by atoms with Gasteiger partial charge in [0.05, 0.1) is 13.2 Å². The van der Waals surface area contributed by atoms with Crippen molar-refractivity contribution in [2.45, 2.75) is 6.42 Å². The summed E-state index contributed by atoms with van der Waals surface area (Å²) in [6.07, 6.45) is 0.928. The lowest BCUT2D eigenvalue weighted by Gasteiger charge is -2.20. The molecule has 1 aliphatic heterocycles.